The van der Waals surface area contributed by atoms with E-state index in [-0.39, 0.29) is 70.2 Å². The molecule has 0 spiro atoms. The molecule has 0 rings (SSSR count). The van der Waals surface area contributed by atoms with E-state index in [9.17, 15) is 0 Å². The van der Waals surface area contributed by atoms with E-state index >= 15 is 0 Å². The molecule has 0 aromatic heterocycles. The van der Waals surface area contributed by atoms with Gasteiger partial charge in [-0.25, -0.2) is 0 Å². The van der Waals surface area contributed by atoms with Crippen LogP contribution in [0.4, 0.5) is 0 Å². The van der Waals surface area contributed by atoms with E-state index in [1.165, 1.54) is 0 Å². The Hall–Kier alpha value is 2.19. The Bertz CT molecular complexity index is 42.3. The summed E-state index contributed by atoms with van der Waals surface area (Å²) in [6.07, 6.45) is 0. The third kappa shape index (κ3) is 17.8. The minimum Gasteiger partial charge on any atom is -0.658 e. The topological polar surface area (TPSA) is 14.1 Å². The van der Waals surface area contributed by atoms with Gasteiger partial charge in [0.15, 0.2) is 0 Å². The molecular formula is C6H14KLiN. The average Bonchev–Trinajstić information content (AvgIpc) is 1.27. The number of hydrogen-bond donors (Lipinski definition) is 0. The van der Waals surface area contributed by atoms with Crippen LogP contribution in [-0.2, 0) is 0 Å². The molecule has 9 heavy (non-hydrogen) atoms. The van der Waals surface area contributed by atoms with Crippen molar-refractivity contribution >= 4 is 18.9 Å². The fourth-order valence-corrected chi connectivity index (χ4v) is 0.596. The molecule has 0 saturated heterocycles. The SMILES string of the molecule is CC(C)[N-]C(C)C.[K+].[Li]. The van der Waals surface area contributed by atoms with E-state index in [0.717, 1.165) is 0 Å². The van der Waals surface area contributed by atoms with Gasteiger partial charge in [-0.1, -0.05) is 27.7 Å². The van der Waals surface area contributed by atoms with Crippen molar-refractivity contribution in [1.29, 1.82) is 0 Å². The first-order valence-electron chi connectivity index (χ1n) is 2.83. The normalized spacial score (nSPS) is 8.67. The predicted octanol–water partition coefficient (Wildman–Crippen LogP) is -1.20. The zero-order valence-electron chi connectivity index (χ0n) is 7.60. The second-order valence-corrected chi connectivity index (χ2v) is 2.34. The third-order valence-electron chi connectivity index (χ3n) is 0.596. The second-order valence-electron chi connectivity index (χ2n) is 2.34. The maximum atomic E-state index is 4.28. The molecule has 0 saturated carbocycles. The molecule has 1 nitrogen and oxygen atoms in total. The van der Waals surface area contributed by atoms with Gasteiger partial charge in [0.05, 0.1) is 0 Å². The van der Waals surface area contributed by atoms with Crippen molar-refractivity contribution in [3.8, 4) is 0 Å². The summed E-state index contributed by atoms with van der Waals surface area (Å²) in [6, 6.07) is 1.000. The smallest absolute Gasteiger partial charge is 0.658 e. The van der Waals surface area contributed by atoms with Crippen molar-refractivity contribution < 1.29 is 51.4 Å². The van der Waals surface area contributed by atoms with Gasteiger partial charge in [-0.3, -0.25) is 0 Å². The van der Waals surface area contributed by atoms with Crippen LogP contribution in [0.3, 0.4) is 0 Å². The first-order valence-corrected chi connectivity index (χ1v) is 2.83. The molecule has 45 valence electrons. The minimum absolute atomic E-state index is 0. The molecule has 0 aromatic carbocycles. The van der Waals surface area contributed by atoms with E-state index in [4.69, 9.17) is 0 Å². The molecule has 0 heterocycles. The summed E-state index contributed by atoms with van der Waals surface area (Å²) in [5, 5.41) is 4.28. The van der Waals surface area contributed by atoms with Crippen LogP contribution in [0.2, 0.25) is 0 Å². The van der Waals surface area contributed by atoms with E-state index < -0.39 is 0 Å². The number of hydrogen-bond acceptors (Lipinski definition) is 0. The molecule has 0 aliphatic rings. The molecular weight excluding hydrogens is 132 g/mol. The Labute approximate surface area is 113 Å². The average molecular weight is 146 g/mol. The molecule has 3 heteroatoms. The van der Waals surface area contributed by atoms with E-state index in [0.29, 0.717) is 12.1 Å². The van der Waals surface area contributed by atoms with Gasteiger partial charge in [0.25, 0.3) is 0 Å². The number of nitrogens with zero attached hydrogens (tertiary/aromatic N) is 1. The van der Waals surface area contributed by atoms with E-state index in [1.54, 1.807) is 0 Å². The largest absolute Gasteiger partial charge is 1.00 e. The molecule has 0 amide bonds. The first kappa shape index (κ1) is 17.3. The Kier molecular flexibility index (Phi) is 19.6. The maximum absolute atomic E-state index is 4.28. The third-order valence-corrected chi connectivity index (χ3v) is 0.596. The predicted molar refractivity (Wildman–Crippen MR) is 39.4 cm³/mol. The number of rotatable bonds is 2. The van der Waals surface area contributed by atoms with Gasteiger partial charge in [0.2, 0.25) is 0 Å². The van der Waals surface area contributed by atoms with Crippen molar-refractivity contribution in [2.24, 2.45) is 0 Å². The van der Waals surface area contributed by atoms with Gasteiger partial charge in [-0.15, -0.1) is 12.1 Å². The fourth-order valence-electron chi connectivity index (χ4n) is 0.596. The van der Waals surface area contributed by atoms with Crippen LogP contribution in [0.15, 0.2) is 0 Å². The van der Waals surface area contributed by atoms with Crippen LogP contribution < -0.4 is 51.4 Å². The van der Waals surface area contributed by atoms with Gasteiger partial charge in [-0.05, 0) is 0 Å². The van der Waals surface area contributed by atoms with Crippen molar-refractivity contribution in [3.63, 3.8) is 0 Å². The van der Waals surface area contributed by atoms with Crippen LogP contribution in [0.25, 0.3) is 5.32 Å². The Morgan fingerprint density at radius 3 is 1.11 bits per heavy atom. The molecule has 1 radical (unpaired) electrons. The summed E-state index contributed by atoms with van der Waals surface area (Å²) in [5.41, 5.74) is 0. The van der Waals surface area contributed by atoms with Gasteiger partial charge in [0, 0.05) is 18.9 Å². The van der Waals surface area contributed by atoms with E-state index in [1.807, 2.05) is 0 Å². The standard InChI is InChI=1S/C6H14N.K.Li/c1-5(2)7-6(3)4;;/h5-6H,1-4H3;;/q-1;+1;. The zero-order valence-corrected chi connectivity index (χ0v) is 10.7. The second kappa shape index (κ2) is 10.2. The van der Waals surface area contributed by atoms with Crippen LogP contribution in [0, 0.1) is 0 Å². The zero-order chi connectivity index (χ0) is 5.86. The summed E-state index contributed by atoms with van der Waals surface area (Å²) < 4.78 is 0. The monoisotopic (exact) mass is 146 g/mol. The Morgan fingerprint density at radius 1 is 0.889 bits per heavy atom. The molecule has 0 unspecified atom stereocenters. The molecule has 0 aromatic rings. The van der Waals surface area contributed by atoms with Crippen LogP contribution in [0.5, 0.6) is 0 Å². The van der Waals surface area contributed by atoms with Crippen molar-refractivity contribution in [2.45, 2.75) is 39.8 Å². The van der Waals surface area contributed by atoms with Crippen LogP contribution in [-0.4, -0.2) is 30.9 Å². The van der Waals surface area contributed by atoms with Crippen molar-refractivity contribution in [2.75, 3.05) is 0 Å². The Morgan fingerprint density at radius 2 is 1.11 bits per heavy atom. The van der Waals surface area contributed by atoms with Crippen LogP contribution >= 0.6 is 0 Å². The minimum atomic E-state index is 0. The molecule has 0 bridgehead atoms. The quantitative estimate of drug-likeness (QED) is 0.435. The summed E-state index contributed by atoms with van der Waals surface area (Å²) >= 11 is 0. The van der Waals surface area contributed by atoms with Crippen LogP contribution in [0.1, 0.15) is 27.7 Å². The fraction of sp³-hybridized carbons (Fsp3) is 1.00. The summed E-state index contributed by atoms with van der Waals surface area (Å²) in [5.74, 6) is 0. The molecule has 0 aliphatic heterocycles. The van der Waals surface area contributed by atoms with Crippen molar-refractivity contribution in [3.05, 3.63) is 5.32 Å². The molecule has 0 aliphatic carbocycles. The summed E-state index contributed by atoms with van der Waals surface area (Å²) in [4.78, 5) is 0. The van der Waals surface area contributed by atoms with Gasteiger partial charge in [-0.2, -0.15) is 0 Å². The molecule has 0 N–H and O–H groups in total. The van der Waals surface area contributed by atoms with Gasteiger partial charge < -0.3 is 5.32 Å². The molecule has 0 fully saturated rings. The van der Waals surface area contributed by atoms with E-state index in [2.05, 4.69) is 33.0 Å². The molecule has 0 atom stereocenters. The van der Waals surface area contributed by atoms with Gasteiger partial charge in [0.1, 0.15) is 0 Å². The van der Waals surface area contributed by atoms with Crippen molar-refractivity contribution in [1.82, 2.24) is 0 Å². The van der Waals surface area contributed by atoms with Gasteiger partial charge >= 0.3 is 51.4 Å². The first-order chi connectivity index (χ1) is 3.13. The maximum Gasteiger partial charge on any atom is 1.00 e. The summed E-state index contributed by atoms with van der Waals surface area (Å²) in [6.45, 7) is 8.39. The summed E-state index contributed by atoms with van der Waals surface area (Å²) in [7, 11) is 0. The Balaban J connectivity index is -0.000000180.